The predicted octanol–water partition coefficient (Wildman–Crippen LogP) is 2.15. The van der Waals surface area contributed by atoms with E-state index in [0.717, 1.165) is 17.7 Å². The van der Waals surface area contributed by atoms with Gasteiger partial charge in [0, 0.05) is 10.9 Å². The highest BCUT2D eigenvalue weighted by Crippen LogP contribution is 2.31. The van der Waals surface area contributed by atoms with E-state index >= 15 is 0 Å². The smallest absolute Gasteiger partial charge is 0.138 e. The van der Waals surface area contributed by atoms with Gasteiger partial charge in [-0.3, -0.25) is 0 Å². The highest BCUT2D eigenvalue weighted by atomic mass is 32.2. The van der Waals surface area contributed by atoms with Gasteiger partial charge in [-0.25, -0.2) is 0 Å². The number of benzene rings is 1. The Bertz CT molecular complexity index is 422. The second-order valence-corrected chi connectivity index (χ2v) is 4.76. The van der Waals surface area contributed by atoms with Crippen LogP contribution in [0, 0.1) is 11.3 Å². The molecule has 16 heavy (non-hydrogen) atoms. The fraction of sp³-hybridized carbons (Fsp3) is 0.417. The normalized spacial score (nSPS) is 23.3. The van der Waals surface area contributed by atoms with Gasteiger partial charge in [0.05, 0.1) is 0 Å². The Kier molecular flexibility index (Phi) is 3.37. The van der Waals surface area contributed by atoms with Crippen LogP contribution in [0.3, 0.4) is 0 Å². The molecule has 0 aliphatic heterocycles. The molecular weight excluding hydrogens is 220 g/mol. The van der Waals surface area contributed by atoms with Gasteiger partial charge in [-0.05, 0) is 31.2 Å². The molecule has 1 fully saturated rings. The zero-order valence-electron chi connectivity index (χ0n) is 9.14. The number of hydrogen-bond acceptors (Lipinski definition) is 4. The number of thioether (sulfide) groups is 1. The molecule has 0 radical (unpaired) electrons. The molecule has 1 aromatic rings. The van der Waals surface area contributed by atoms with Crippen molar-refractivity contribution in [3.05, 3.63) is 23.8 Å². The zero-order valence-corrected chi connectivity index (χ0v) is 9.96. The molecule has 1 saturated carbocycles. The second kappa shape index (κ2) is 4.77. The van der Waals surface area contributed by atoms with Gasteiger partial charge < -0.3 is 10.5 Å². The standard InChI is InChI=1S/C12H14N2OS/c1-16-12-4-2-3-11(10(12)7-13)15-9-5-8(14)6-9/h2-4,8-9H,5-6,14H2,1H3. The Morgan fingerprint density at radius 1 is 1.50 bits per heavy atom. The first kappa shape index (κ1) is 11.3. The first-order valence-electron chi connectivity index (χ1n) is 5.24. The van der Waals surface area contributed by atoms with Crippen LogP contribution < -0.4 is 10.5 Å². The van der Waals surface area contributed by atoms with Gasteiger partial charge in [0.1, 0.15) is 23.5 Å². The van der Waals surface area contributed by atoms with E-state index in [1.54, 1.807) is 11.8 Å². The van der Waals surface area contributed by atoms with Crippen molar-refractivity contribution >= 4 is 11.8 Å². The monoisotopic (exact) mass is 234 g/mol. The van der Waals surface area contributed by atoms with Gasteiger partial charge >= 0.3 is 0 Å². The van der Waals surface area contributed by atoms with E-state index in [0.29, 0.717) is 11.3 Å². The summed E-state index contributed by atoms with van der Waals surface area (Å²) in [6.07, 6.45) is 3.90. The van der Waals surface area contributed by atoms with Gasteiger partial charge in [0.15, 0.2) is 0 Å². The molecule has 0 unspecified atom stereocenters. The summed E-state index contributed by atoms with van der Waals surface area (Å²) in [5.41, 5.74) is 6.33. The van der Waals surface area contributed by atoms with Gasteiger partial charge in [0.25, 0.3) is 0 Å². The summed E-state index contributed by atoms with van der Waals surface area (Å²) in [4.78, 5) is 0.962. The molecule has 1 aliphatic carbocycles. The van der Waals surface area contributed by atoms with E-state index in [4.69, 9.17) is 15.7 Å². The van der Waals surface area contributed by atoms with Crippen LogP contribution in [0.1, 0.15) is 18.4 Å². The van der Waals surface area contributed by atoms with Crippen LogP contribution in [0.4, 0.5) is 0 Å². The van der Waals surface area contributed by atoms with E-state index in [1.165, 1.54) is 0 Å². The average Bonchev–Trinajstić information content (AvgIpc) is 2.26. The molecule has 1 aromatic carbocycles. The molecule has 2 rings (SSSR count). The Labute approximate surface area is 99.6 Å². The first-order chi connectivity index (χ1) is 7.74. The van der Waals surface area contributed by atoms with Crippen molar-refractivity contribution in [1.29, 1.82) is 5.26 Å². The zero-order chi connectivity index (χ0) is 11.5. The van der Waals surface area contributed by atoms with E-state index in [2.05, 4.69) is 6.07 Å². The summed E-state index contributed by atoms with van der Waals surface area (Å²) in [6, 6.07) is 8.17. The van der Waals surface area contributed by atoms with E-state index in [1.807, 2.05) is 24.5 Å². The topological polar surface area (TPSA) is 59.0 Å². The van der Waals surface area contributed by atoms with Crippen molar-refractivity contribution in [2.75, 3.05) is 6.26 Å². The Morgan fingerprint density at radius 3 is 2.81 bits per heavy atom. The molecule has 2 N–H and O–H groups in total. The molecule has 1 aliphatic rings. The average molecular weight is 234 g/mol. The van der Waals surface area contributed by atoms with E-state index < -0.39 is 0 Å². The molecule has 3 nitrogen and oxygen atoms in total. The molecule has 0 saturated heterocycles. The quantitative estimate of drug-likeness (QED) is 0.814. The fourth-order valence-electron chi connectivity index (χ4n) is 1.77. The number of rotatable bonds is 3. The largest absolute Gasteiger partial charge is 0.489 e. The van der Waals surface area contributed by atoms with Crippen LogP contribution in [-0.2, 0) is 0 Å². The van der Waals surface area contributed by atoms with Gasteiger partial charge in [-0.2, -0.15) is 5.26 Å². The summed E-state index contributed by atoms with van der Waals surface area (Å²) in [5, 5.41) is 9.12. The lowest BCUT2D eigenvalue weighted by molar-refractivity contribution is 0.100. The lowest BCUT2D eigenvalue weighted by Gasteiger charge is -2.32. The fourth-order valence-corrected chi connectivity index (χ4v) is 2.34. The Hall–Kier alpha value is -1.18. The van der Waals surface area contributed by atoms with Crippen LogP contribution in [-0.4, -0.2) is 18.4 Å². The second-order valence-electron chi connectivity index (χ2n) is 3.92. The van der Waals surface area contributed by atoms with Gasteiger partial charge in [-0.15, -0.1) is 11.8 Å². The summed E-state index contributed by atoms with van der Waals surface area (Å²) in [6.45, 7) is 0. The molecule has 84 valence electrons. The molecular formula is C12H14N2OS. The maximum atomic E-state index is 9.12. The van der Waals surface area contributed by atoms with E-state index in [-0.39, 0.29) is 12.1 Å². The van der Waals surface area contributed by atoms with Crippen molar-refractivity contribution in [2.45, 2.75) is 29.9 Å². The lowest BCUT2D eigenvalue weighted by atomic mass is 9.90. The van der Waals surface area contributed by atoms with Crippen molar-refractivity contribution in [2.24, 2.45) is 5.73 Å². The molecule has 0 atom stereocenters. The highest BCUT2D eigenvalue weighted by molar-refractivity contribution is 7.98. The number of nitrogens with two attached hydrogens (primary N) is 1. The highest BCUT2D eigenvalue weighted by Gasteiger charge is 2.28. The van der Waals surface area contributed by atoms with Crippen molar-refractivity contribution in [3.8, 4) is 11.8 Å². The lowest BCUT2D eigenvalue weighted by Crippen LogP contribution is -2.43. The van der Waals surface area contributed by atoms with Crippen LogP contribution in [0.15, 0.2) is 23.1 Å². The van der Waals surface area contributed by atoms with Crippen molar-refractivity contribution < 1.29 is 4.74 Å². The number of nitrogens with zero attached hydrogens (tertiary/aromatic N) is 1. The van der Waals surface area contributed by atoms with Crippen molar-refractivity contribution in [3.63, 3.8) is 0 Å². The van der Waals surface area contributed by atoms with Gasteiger partial charge in [0.2, 0.25) is 0 Å². The molecule has 0 heterocycles. The third-order valence-corrected chi connectivity index (χ3v) is 3.52. The maximum absolute atomic E-state index is 9.12. The maximum Gasteiger partial charge on any atom is 0.138 e. The Morgan fingerprint density at radius 2 is 2.25 bits per heavy atom. The first-order valence-corrected chi connectivity index (χ1v) is 6.46. The van der Waals surface area contributed by atoms with Crippen LogP contribution in [0.2, 0.25) is 0 Å². The minimum absolute atomic E-state index is 0.180. The SMILES string of the molecule is CSc1cccc(OC2CC(N)C2)c1C#N. The number of ether oxygens (including phenoxy) is 1. The summed E-state index contributed by atoms with van der Waals surface area (Å²) in [7, 11) is 0. The molecule has 0 aromatic heterocycles. The van der Waals surface area contributed by atoms with E-state index in [9.17, 15) is 0 Å². The van der Waals surface area contributed by atoms with Gasteiger partial charge in [-0.1, -0.05) is 6.07 Å². The minimum Gasteiger partial charge on any atom is -0.489 e. The summed E-state index contributed by atoms with van der Waals surface area (Å²) < 4.78 is 5.77. The molecule has 0 bridgehead atoms. The van der Waals surface area contributed by atoms with Crippen LogP contribution in [0.5, 0.6) is 5.75 Å². The van der Waals surface area contributed by atoms with Crippen LogP contribution >= 0.6 is 11.8 Å². The molecule has 4 heteroatoms. The summed E-state index contributed by atoms with van der Waals surface area (Å²) in [5.74, 6) is 0.686. The number of nitriles is 1. The molecule has 0 spiro atoms. The predicted molar refractivity (Wildman–Crippen MR) is 64.6 cm³/mol. The van der Waals surface area contributed by atoms with Crippen molar-refractivity contribution in [1.82, 2.24) is 0 Å². The number of hydrogen-bond donors (Lipinski definition) is 1. The third-order valence-electron chi connectivity index (χ3n) is 2.74. The van der Waals surface area contributed by atoms with Crippen LogP contribution in [0.25, 0.3) is 0 Å². The Balaban J connectivity index is 2.17. The minimum atomic E-state index is 0.180. The molecule has 0 amide bonds. The third kappa shape index (κ3) is 2.16. The summed E-state index contributed by atoms with van der Waals surface area (Å²) >= 11 is 1.56.